The quantitative estimate of drug-likeness (QED) is 0.853. The van der Waals surface area contributed by atoms with Gasteiger partial charge in [0.1, 0.15) is 0 Å². The Morgan fingerprint density at radius 2 is 1.95 bits per heavy atom. The molecule has 3 nitrogen and oxygen atoms in total. The molecule has 0 aromatic heterocycles. The Morgan fingerprint density at radius 3 is 2.65 bits per heavy atom. The second-order valence-electron chi connectivity index (χ2n) is 4.31. The highest BCUT2D eigenvalue weighted by Gasteiger charge is 2.04. The van der Waals surface area contributed by atoms with Gasteiger partial charge < -0.3 is 9.84 Å². The standard InChI is InChI=1S/C16H16ClNO2/c1-20-15-4-2-3-13(16(15)19)11-18-10-9-12-5-7-14(17)8-6-12/h2-8,11,19H,9-10H2,1H3. The van der Waals surface area contributed by atoms with E-state index in [1.165, 1.54) is 12.7 Å². The van der Waals surface area contributed by atoms with Crippen LogP contribution in [0.5, 0.6) is 11.5 Å². The minimum Gasteiger partial charge on any atom is -0.504 e. The molecule has 0 heterocycles. The number of nitrogens with zero attached hydrogens (tertiary/aromatic N) is 1. The molecule has 2 aromatic carbocycles. The number of para-hydroxylation sites is 1. The zero-order valence-electron chi connectivity index (χ0n) is 11.2. The van der Waals surface area contributed by atoms with E-state index in [-0.39, 0.29) is 5.75 Å². The Labute approximate surface area is 123 Å². The topological polar surface area (TPSA) is 41.8 Å². The summed E-state index contributed by atoms with van der Waals surface area (Å²) in [6, 6.07) is 13.0. The van der Waals surface area contributed by atoms with Crippen molar-refractivity contribution >= 4 is 17.8 Å². The molecule has 0 saturated carbocycles. The maximum atomic E-state index is 9.90. The van der Waals surface area contributed by atoms with E-state index in [9.17, 15) is 5.11 Å². The van der Waals surface area contributed by atoms with Gasteiger partial charge in [0, 0.05) is 23.3 Å². The molecule has 0 aliphatic rings. The second-order valence-corrected chi connectivity index (χ2v) is 4.75. The lowest BCUT2D eigenvalue weighted by atomic mass is 10.1. The van der Waals surface area contributed by atoms with Crippen LogP contribution < -0.4 is 4.74 Å². The third-order valence-corrected chi connectivity index (χ3v) is 3.18. The van der Waals surface area contributed by atoms with E-state index in [0.29, 0.717) is 17.9 Å². The number of benzene rings is 2. The van der Waals surface area contributed by atoms with Crippen molar-refractivity contribution in [3.05, 3.63) is 58.6 Å². The fourth-order valence-electron chi connectivity index (χ4n) is 1.82. The number of aromatic hydroxyl groups is 1. The summed E-state index contributed by atoms with van der Waals surface area (Å²) in [5, 5.41) is 10.6. The molecule has 20 heavy (non-hydrogen) atoms. The monoisotopic (exact) mass is 289 g/mol. The fourth-order valence-corrected chi connectivity index (χ4v) is 1.94. The van der Waals surface area contributed by atoms with Crippen LogP contribution in [0.4, 0.5) is 0 Å². The lowest BCUT2D eigenvalue weighted by Gasteiger charge is -2.04. The van der Waals surface area contributed by atoms with Crippen LogP contribution in [0.2, 0.25) is 5.02 Å². The van der Waals surface area contributed by atoms with Crippen molar-refractivity contribution in [3.63, 3.8) is 0 Å². The van der Waals surface area contributed by atoms with Gasteiger partial charge in [-0.3, -0.25) is 4.99 Å². The zero-order chi connectivity index (χ0) is 14.4. The number of methoxy groups -OCH3 is 1. The van der Waals surface area contributed by atoms with Gasteiger partial charge >= 0.3 is 0 Å². The molecule has 0 fully saturated rings. The third-order valence-electron chi connectivity index (χ3n) is 2.92. The van der Waals surface area contributed by atoms with Gasteiger partial charge in [0.05, 0.1) is 7.11 Å². The number of phenolic OH excluding ortho intramolecular Hbond substituents is 1. The smallest absolute Gasteiger partial charge is 0.166 e. The van der Waals surface area contributed by atoms with E-state index >= 15 is 0 Å². The molecule has 0 atom stereocenters. The summed E-state index contributed by atoms with van der Waals surface area (Å²) in [6.07, 6.45) is 2.49. The number of aliphatic imine (C=N–C) groups is 1. The summed E-state index contributed by atoms with van der Waals surface area (Å²) in [5.41, 5.74) is 1.84. The van der Waals surface area contributed by atoms with E-state index in [4.69, 9.17) is 16.3 Å². The highest BCUT2D eigenvalue weighted by molar-refractivity contribution is 6.30. The Morgan fingerprint density at radius 1 is 1.20 bits per heavy atom. The molecule has 2 aromatic rings. The van der Waals surface area contributed by atoms with E-state index in [0.717, 1.165) is 11.4 Å². The number of rotatable bonds is 5. The minimum absolute atomic E-state index is 0.116. The van der Waals surface area contributed by atoms with Gasteiger partial charge in [-0.05, 0) is 36.2 Å². The lowest BCUT2D eigenvalue weighted by Crippen LogP contribution is -1.92. The zero-order valence-corrected chi connectivity index (χ0v) is 12.0. The summed E-state index contributed by atoms with van der Waals surface area (Å²) in [4.78, 5) is 4.32. The molecule has 0 aliphatic heterocycles. The molecular weight excluding hydrogens is 274 g/mol. The molecule has 4 heteroatoms. The van der Waals surface area contributed by atoms with Crippen LogP contribution in [0.3, 0.4) is 0 Å². The Hall–Kier alpha value is -2.00. The highest BCUT2D eigenvalue weighted by atomic mass is 35.5. The Kier molecular flexibility index (Phi) is 5.02. The largest absolute Gasteiger partial charge is 0.504 e. The maximum absolute atomic E-state index is 9.90. The lowest BCUT2D eigenvalue weighted by molar-refractivity contribution is 0.373. The molecule has 0 unspecified atom stereocenters. The van der Waals surface area contributed by atoms with Gasteiger partial charge in [0.15, 0.2) is 11.5 Å². The average Bonchev–Trinajstić information content (AvgIpc) is 2.47. The number of hydrogen-bond acceptors (Lipinski definition) is 3. The van der Waals surface area contributed by atoms with Crippen molar-refractivity contribution in [1.82, 2.24) is 0 Å². The van der Waals surface area contributed by atoms with Crippen molar-refractivity contribution in [2.24, 2.45) is 4.99 Å². The summed E-state index contributed by atoms with van der Waals surface area (Å²) < 4.78 is 5.05. The number of ether oxygens (including phenoxy) is 1. The maximum Gasteiger partial charge on any atom is 0.166 e. The number of hydrogen-bond donors (Lipinski definition) is 1. The van der Waals surface area contributed by atoms with Gasteiger partial charge in [-0.15, -0.1) is 0 Å². The summed E-state index contributed by atoms with van der Waals surface area (Å²) in [7, 11) is 1.52. The first-order valence-corrected chi connectivity index (χ1v) is 6.68. The first-order valence-electron chi connectivity index (χ1n) is 6.31. The first-order chi connectivity index (χ1) is 9.70. The molecule has 104 valence electrons. The molecule has 0 radical (unpaired) electrons. The van der Waals surface area contributed by atoms with E-state index in [2.05, 4.69) is 4.99 Å². The number of halogens is 1. The van der Waals surface area contributed by atoms with Crippen LogP contribution in [-0.2, 0) is 6.42 Å². The molecule has 0 bridgehead atoms. The molecule has 1 N–H and O–H groups in total. The summed E-state index contributed by atoms with van der Waals surface area (Å²) in [5.74, 6) is 0.567. The van der Waals surface area contributed by atoms with E-state index < -0.39 is 0 Å². The fraction of sp³-hybridized carbons (Fsp3) is 0.188. The molecule has 0 saturated heterocycles. The molecule has 0 amide bonds. The molecule has 2 rings (SSSR count). The SMILES string of the molecule is COc1cccc(C=NCCc2ccc(Cl)cc2)c1O. The van der Waals surface area contributed by atoms with Gasteiger partial charge in [-0.2, -0.15) is 0 Å². The van der Waals surface area contributed by atoms with Crippen LogP contribution in [-0.4, -0.2) is 25.0 Å². The van der Waals surface area contributed by atoms with Crippen molar-refractivity contribution in [2.75, 3.05) is 13.7 Å². The van der Waals surface area contributed by atoms with Crippen molar-refractivity contribution in [2.45, 2.75) is 6.42 Å². The summed E-state index contributed by atoms with van der Waals surface area (Å²) in [6.45, 7) is 0.651. The van der Waals surface area contributed by atoms with Crippen molar-refractivity contribution < 1.29 is 9.84 Å². The normalized spacial score (nSPS) is 10.9. The van der Waals surface area contributed by atoms with E-state index in [1.54, 1.807) is 18.3 Å². The molecular formula is C16H16ClNO2. The Bertz CT molecular complexity index is 594. The predicted molar refractivity (Wildman–Crippen MR) is 82.3 cm³/mol. The van der Waals surface area contributed by atoms with Gasteiger partial charge in [0.2, 0.25) is 0 Å². The highest BCUT2D eigenvalue weighted by Crippen LogP contribution is 2.27. The van der Waals surface area contributed by atoms with E-state index in [1.807, 2.05) is 30.3 Å². The molecule has 0 spiro atoms. The Balaban J connectivity index is 1.95. The minimum atomic E-state index is 0.116. The van der Waals surface area contributed by atoms with Crippen LogP contribution in [0, 0.1) is 0 Å². The molecule has 0 aliphatic carbocycles. The average molecular weight is 290 g/mol. The number of phenols is 1. The van der Waals surface area contributed by atoms with Crippen LogP contribution >= 0.6 is 11.6 Å². The van der Waals surface area contributed by atoms with Crippen molar-refractivity contribution in [3.8, 4) is 11.5 Å². The predicted octanol–water partition coefficient (Wildman–Crippen LogP) is 3.72. The second kappa shape index (κ2) is 6.96. The first kappa shape index (κ1) is 14.4. The third kappa shape index (κ3) is 3.75. The van der Waals surface area contributed by atoms with Gasteiger partial charge in [0.25, 0.3) is 0 Å². The van der Waals surface area contributed by atoms with Crippen LogP contribution in [0.25, 0.3) is 0 Å². The van der Waals surface area contributed by atoms with Crippen LogP contribution in [0.15, 0.2) is 47.5 Å². The van der Waals surface area contributed by atoms with Gasteiger partial charge in [-0.1, -0.05) is 29.8 Å². The summed E-state index contributed by atoms with van der Waals surface area (Å²) >= 11 is 5.83. The van der Waals surface area contributed by atoms with Crippen molar-refractivity contribution in [1.29, 1.82) is 0 Å². The van der Waals surface area contributed by atoms with Gasteiger partial charge in [-0.25, -0.2) is 0 Å². The van der Waals surface area contributed by atoms with Crippen LogP contribution in [0.1, 0.15) is 11.1 Å².